The van der Waals surface area contributed by atoms with Crippen LogP contribution in [0, 0.1) is 0 Å². The molecular weight excluding hydrogens is 302 g/mol. The van der Waals surface area contributed by atoms with Crippen molar-refractivity contribution in [3.63, 3.8) is 0 Å². The molecular formula is C12H16ClN3O3S. The molecule has 0 aliphatic heterocycles. The highest BCUT2D eigenvalue weighted by molar-refractivity contribution is 7.98. The van der Waals surface area contributed by atoms with Crippen molar-refractivity contribution in [2.45, 2.75) is 37.4 Å². The lowest BCUT2D eigenvalue weighted by molar-refractivity contribution is -0.144. The molecule has 0 fully saturated rings. The summed E-state index contributed by atoms with van der Waals surface area (Å²) >= 11 is 7.16. The molecule has 110 valence electrons. The van der Waals surface area contributed by atoms with Gasteiger partial charge in [0, 0.05) is 0 Å². The molecule has 1 heterocycles. The number of amides is 1. The molecule has 1 atom stereocenters. The van der Waals surface area contributed by atoms with Crippen LogP contribution >= 0.6 is 23.4 Å². The quantitative estimate of drug-likeness (QED) is 0.617. The number of nitrogens with zero attached hydrogens (tertiary/aromatic N) is 2. The van der Waals surface area contributed by atoms with Gasteiger partial charge in [-0.05, 0) is 19.6 Å². The normalized spacial score (nSPS) is 13.6. The zero-order chi connectivity index (χ0) is 15.3. The van der Waals surface area contributed by atoms with Crippen LogP contribution in [0.5, 0.6) is 0 Å². The van der Waals surface area contributed by atoms with E-state index in [1.807, 2.05) is 6.92 Å². The van der Waals surface area contributed by atoms with E-state index in [0.29, 0.717) is 18.0 Å². The molecule has 0 aliphatic carbocycles. The summed E-state index contributed by atoms with van der Waals surface area (Å²) in [6.07, 6.45) is 4.03. The number of carboxylic acid groups (broad SMARTS) is 1. The second kappa shape index (κ2) is 6.90. The molecule has 0 bridgehead atoms. The average Bonchev–Trinajstić information content (AvgIpc) is 2.39. The molecule has 1 rings (SSSR count). The summed E-state index contributed by atoms with van der Waals surface area (Å²) in [4.78, 5) is 31.4. The Labute approximate surface area is 126 Å². The Balaban J connectivity index is 3.03. The Kier molecular flexibility index (Phi) is 5.76. The molecule has 8 heteroatoms. The van der Waals surface area contributed by atoms with Gasteiger partial charge in [-0.1, -0.05) is 36.7 Å². The molecule has 0 spiro atoms. The van der Waals surface area contributed by atoms with Crippen LogP contribution in [0.1, 0.15) is 37.2 Å². The van der Waals surface area contributed by atoms with Gasteiger partial charge in [-0.25, -0.2) is 14.8 Å². The zero-order valence-electron chi connectivity index (χ0n) is 11.4. The molecule has 1 amide bonds. The molecule has 2 N–H and O–H groups in total. The second-order valence-electron chi connectivity index (χ2n) is 4.39. The first-order chi connectivity index (χ1) is 9.34. The molecule has 6 nitrogen and oxygen atoms in total. The average molecular weight is 318 g/mol. The van der Waals surface area contributed by atoms with Crippen LogP contribution in [0.2, 0.25) is 5.02 Å². The van der Waals surface area contributed by atoms with Crippen molar-refractivity contribution in [3.05, 3.63) is 16.9 Å². The minimum Gasteiger partial charge on any atom is -0.480 e. The van der Waals surface area contributed by atoms with Crippen molar-refractivity contribution in [1.29, 1.82) is 0 Å². The van der Waals surface area contributed by atoms with Crippen molar-refractivity contribution in [2.75, 3.05) is 6.26 Å². The number of halogens is 1. The highest BCUT2D eigenvalue weighted by atomic mass is 35.5. The van der Waals surface area contributed by atoms with Crippen molar-refractivity contribution < 1.29 is 14.7 Å². The number of carboxylic acids is 1. The zero-order valence-corrected chi connectivity index (χ0v) is 13.0. The summed E-state index contributed by atoms with van der Waals surface area (Å²) in [6.45, 7) is 3.30. The number of hydrogen-bond donors (Lipinski definition) is 2. The minimum atomic E-state index is -1.35. The highest BCUT2D eigenvalue weighted by Gasteiger charge is 2.35. The maximum Gasteiger partial charge on any atom is 0.329 e. The third-order valence-electron chi connectivity index (χ3n) is 2.73. The summed E-state index contributed by atoms with van der Waals surface area (Å²) in [5.41, 5.74) is -1.37. The number of rotatable bonds is 6. The Morgan fingerprint density at radius 1 is 1.55 bits per heavy atom. The van der Waals surface area contributed by atoms with Crippen LogP contribution in [0.15, 0.2) is 11.4 Å². The van der Waals surface area contributed by atoms with Crippen LogP contribution in [0.4, 0.5) is 0 Å². The van der Waals surface area contributed by atoms with E-state index in [1.54, 1.807) is 6.26 Å². The van der Waals surface area contributed by atoms with Gasteiger partial charge < -0.3 is 10.4 Å². The van der Waals surface area contributed by atoms with Gasteiger partial charge in [-0.2, -0.15) is 0 Å². The van der Waals surface area contributed by atoms with Crippen molar-refractivity contribution in [2.24, 2.45) is 0 Å². The van der Waals surface area contributed by atoms with Gasteiger partial charge in [0.2, 0.25) is 0 Å². The molecule has 1 unspecified atom stereocenters. The number of carbonyl (C=O) groups excluding carboxylic acids is 1. The first kappa shape index (κ1) is 16.7. The third-order valence-corrected chi connectivity index (χ3v) is 3.57. The predicted molar refractivity (Wildman–Crippen MR) is 77.2 cm³/mol. The van der Waals surface area contributed by atoms with Crippen LogP contribution < -0.4 is 5.32 Å². The maximum absolute atomic E-state index is 12.2. The van der Waals surface area contributed by atoms with E-state index in [-0.39, 0.29) is 10.7 Å². The van der Waals surface area contributed by atoms with E-state index in [9.17, 15) is 14.7 Å². The van der Waals surface area contributed by atoms with Gasteiger partial charge in [0.15, 0.2) is 10.9 Å². The molecule has 1 aromatic heterocycles. The number of hydrogen-bond acceptors (Lipinski definition) is 5. The highest BCUT2D eigenvalue weighted by Crippen LogP contribution is 2.19. The fourth-order valence-electron chi connectivity index (χ4n) is 1.64. The lowest BCUT2D eigenvalue weighted by Gasteiger charge is -2.25. The Morgan fingerprint density at radius 3 is 2.70 bits per heavy atom. The van der Waals surface area contributed by atoms with Gasteiger partial charge in [-0.15, -0.1) is 0 Å². The van der Waals surface area contributed by atoms with Gasteiger partial charge in [-0.3, -0.25) is 4.79 Å². The molecule has 0 radical (unpaired) electrons. The lowest BCUT2D eigenvalue weighted by atomic mass is 9.96. The third kappa shape index (κ3) is 3.83. The summed E-state index contributed by atoms with van der Waals surface area (Å²) in [7, 11) is 0. The Hall–Kier alpha value is -1.34. The number of aliphatic carboxylic acids is 1. The first-order valence-corrected chi connectivity index (χ1v) is 7.56. The van der Waals surface area contributed by atoms with Crippen LogP contribution in [-0.2, 0) is 4.79 Å². The number of thioether (sulfide) groups is 1. The van der Waals surface area contributed by atoms with Gasteiger partial charge in [0.1, 0.15) is 5.54 Å². The Bertz CT molecular complexity index is 527. The smallest absolute Gasteiger partial charge is 0.329 e. The first-order valence-electron chi connectivity index (χ1n) is 5.96. The Morgan fingerprint density at radius 2 is 2.20 bits per heavy atom. The van der Waals surface area contributed by atoms with Gasteiger partial charge in [0.25, 0.3) is 5.91 Å². The summed E-state index contributed by atoms with van der Waals surface area (Å²) in [5.74, 6) is -1.71. The fourth-order valence-corrected chi connectivity index (χ4v) is 2.16. The molecule has 1 aromatic rings. The monoisotopic (exact) mass is 317 g/mol. The topological polar surface area (TPSA) is 92.2 Å². The van der Waals surface area contributed by atoms with E-state index in [0.717, 1.165) is 0 Å². The van der Waals surface area contributed by atoms with E-state index in [1.165, 1.54) is 24.9 Å². The van der Waals surface area contributed by atoms with Gasteiger partial charge >= 0.3 is 5.97 Å². The number of nitrogens with one attached hydrogen (secondary N) is 1. The van der Waals surface area contributed by atoms with Crippen molar-refractivity contribution >= 4 is 35.2 Å². The van der Waals surface area contributed by atoms with E-state index in [4.69, 9.17) is 11.6 Å². The predicted octanol–water partition coefficient (Wildman–Crippen LogP) is 2.23. The largest absolute Gasteiger partial charge is 0.480 e. The van der Waals surface area contributed by atoms with Crippen LogP contribution in [0.25, 0.3) is 0 Å². The summed E-state index contributed by atoms with van der Waals surface area (Å²) < 4.78 is 0. The van der Waals surface area contributed by atoms with Crippen LogP contribution in [0.3, 0.4) is 0 Å². The SMILES string of the molecule is CCCC(C)(NC(=O)c1nc(SC)ncc1Cl)C(=O)O. The summed E-state index contributed by atoms with van der Waals surface area (Å²) in [5, 5.41) is 12.2. The van der Waals surface area contributed by atoms with Crippen molar-refractivity contribution in [1.82, 2.24) is 15.3 Å². The fraction of sp³-hybridized carbons (Fsp3) is 0.500. The van der Waals surface area contributed by atoms with Crippen molar-refractivity contribution in [3.8, 4) is 0 Å². The second-order valence-corrected chi connectivity index (χ2v) is 5.58. The standard InChI is InChI=1S/C12H16ClN3O3S/c1-4-5-12(2,10(18)19)16-9(17)8-7(13)6-14-11(15-8)20-3/h6H,4-5H2,1-3H3,(H,16,17)(H,18,19). The molecule has 0 aromatic carbocycles. The van der Waals surface area contributed by atoms with E-state index < -0.39 is 17.4 Å². The summed E-state index contributed by atoms with van der Waals surface area (Å²) in [6, 6.07) is 0. The molecule has 0 aliphatic rings. The lowest BCUT2D eigenvalue weighted by Crippen LogP contribution is -2.52. The minimum absolute atomic E-state index is 0.0189. The van der Waals surface area contributed by atoms with Gasteiger partial charge in [0.05, 0.1) is 11.2 Å². The number of aromatic nitrogens is 2. The molecule has 20 heavy (non-hydrogen) atoms. The molecule has 0 saturated carbocycles. The van der Waals surface area contributed by atoms with E-state index >= 15 is 0 Å². The maximum atomic E-state index is 12.2. The number of carbonyl (C=O) groups is 2. The van der Waals surface area contributed by atoms with E-state index in [2.05, 4.69) is 15.3 Å². The van der Waals surface area contributed by atoms with Crippen LogP contribution in [-0.4, -0.2) is 38.7 Å². The molecule has 0 saturated heterocycles.